The fourth-order valence-corrected chi connectivity index (χ4v) is 6.96. The predicted molar refractivity (Wildman–Crippen MR) is 141 cm³/mol. The number of hydrogen-bond donors (Lipinski definition) is 1. The van der Waals surface area contributed by atoms with E-state index in [4.69, 9.17) is 4.98 Å². The van der Waals surface area contributed by atoms with E-state index in [0.29, 0.717) is 5.56 Å². The van der Waals surface area contributed by atoms with Crippen LogP contribution in [0.5, 0.6) is 0 Å². The van der Waals surface area contributed by atoms with E-state index in [1.165, 1.54) is 20.0 Å². The van der Waals surface area contributed by atoms with Gasteiger partial charge in [0, 0.05) is 34.0 Å². The second-order valence-electron chi connectivity index (χ2n) is 7.59. The Bertz CT molecular complexity index is 1220. The Hall–Kier alpha value is -1.90. The second kappa shape index (κ2) is 9.93. The molecule has 2 aromatic carbocycles. The summed E-state index contributed by atoms with van der Waals surface area (Å²) in [5.41, 5.74) is 4.14. The summed E-state index contributed by atoms with van der Waals surface area (Å²) in [4.78, 5) is 22.8. The normalized spacial score (nSPS) is 13.6. The highest BCUT2D eigenvalue weighted by Gasteiger charge is 2.26. The first-order valence-electron chi connectivity index (χ1n) is 10.4. The smallest absolute Gasteiger partial charge is 0.256 e. The lowest BCUT2D eigenvalue weighted by Crippen LogP contribution is -2.25. The number of amides is 1. The molecule has 0 saturated heterocycles. The maximum atomic E-state index is 13.1. The number of hydrogen-bond acceptors (Lipinski definition) is 6. The first-order chi connectivity index (χ1) is 15.1. The van der Waals surface area contributed by atoms with E-state index in [1.54, 1.807) is 34.4 Å². The second-order valence-corrected chi connectivity index (χ2v) is 11.1. The number of thioether (sulfide) groups is 1. The molecule has 1 N–H and O–H groups in total. The molecular formula is C24H24ClN3OS3. The number of rotatable bonds is 5. The highest BCUT2D eigenvalue weighted by molar-refractivity contribution is 7.99. The van der Waals surface area contributed by atoms with Gasteiger partial charge in [0.1, 0.15) is 10.0 Å². The molecule has 0 bridgehead atoms. The molecule has 32 heavy (non-hydrogen) atoms. The molecule has 5 rings (SSSR count). The number of halogens is 1. The fraction of sp³-hybridized carbons (Fsp3) is 0.250. The average molecular weight is 502 g/mol. The number of nitrogens with zero attached hydrogens (tertiary/aromatic N) is 2. The summed E-state index contributed by atoms with van der Waals surface area (Å²) in [5, 5.41) is 5.12. The number of fused-ring (bicyclic) bond motifs is 2. The minimum Gasteiger partial charge on any atom is -0.313 e. The van der Waals surface area contributed by atoms with Crippen LogP contribution in [0.1, 0.15) is 27.7 Å². The van der Waals surface area contributed by atoms with Crippen LogP contribution in [0.3, 0.4) is 0 Å². The summed E-state index contributed by atoms with van der Waals surface area (Å²) in [6.45, 7) is 4.06. The van der Waals surface area contributed by atoms with Gasteiger partial charge < -0.3 is 10.2 Å². The summed E-state index contributed by atoms with van der Waals surface area (Å²) >= 11 is 5.17. The van der Waals surface area contributed by atoms with Gasteiger partial charge in [-0.05, 0) is 61.2 Å². The number of thiazole rings is 1. The van der Waals surface area contributed by atoms with Crippen molar-refractivity contribution in [3.63, 3.8) is 0 Å². The third kappa shape index (κ3) is 4.58. The molecule has 1 aliphatic heterocycles. The number of thiophene rings is 1. The number of carbonyl (C=O) groups is 1. The van der Waals surface area contributed by atoms with Crippen molar-refractivity contribution >= 4 is 68.0 Å². The lowest BCUT2D eigenvalue weighted by molar-refractivity contribution is 0.102. The van der Waals surface area contributed by atoms with E-state index in [1.807, 2.05) is 36.4 Å². The van der Waals surface area contributed by atoms with Gasteiger partial charge in [-0.25, -0.2) is 4.98 Å². The Labute approximate surface area is 206 Å². The van der Waals surface area contributed by atoms with Gasteiger partial charge in [0.2, 0.25) is 0 Å². The fourth-order valence-electron chi connectivity index (χ4n) is 3.87. The molecule has 8 heteroatoms. The van der Waals surface area contributed by atoms with Gasteiger partial charge in [-0.2, -0.15) is 0 Å². The number of likely N-dealkylation sites (N-methyl/N-ethyl adjacent to an activating group) is 1. The average Bonchev–Trinajstić information content (AvgIpc) is 3.34. The Morgan fingerprint density at radius 1 is 1.16 bits per heavy atom. The number of para-hydroxylation sites is 1. The number of anilines is 1. The molecule has 0 radical (unpaired) electrons. The molecule has 0 saturated carbocycles. The highest BCUT2D eigenvalue weighted by atomic mass is 35.5. The van der Waals surface area contributed by atoms with Crippen molar-refractivity contribution in [1.29, 1.82) is 0 Å². The van der Waals surface area contributed by atoms with E-state index in [9.17, 15) is 4.79 Å². The minimum absolute atomic E-state index is 0. The van der Waals surface area contributed by atoms with Gasteiger partial charge in [0.05, 0.1) is 10.2 Å². The van der Waals surface area contributed by atoms with Gasteiger partial charge in [-0.1, -0.05) is 19.1 Å². The topological polar surface area (TPSA) is 45.2 Å². The molecular weight excluding hydrogens is 478 g/mol. The molecule has 4 aromatic rings. The first-order valence-corrected chi connectivity index (χ1v) is 13.0. The Balaban J connectivity index is 0.00000245. The van der Waals surface area contributed by atoms with Crippen LogP contribution in [0.25, 0.3) is 20.8 Å². The maximum Gasteiger partial charge on any atom is 0.256 e. The lowest BCUT2D eigenvalue weighted by Gasteiger charge is -2.22. The standard InChI is InChI=1S/C24H23N3OS3.ClH/c1-3-29-16-10-8-15(9-11-16)22(28)26-24-21(17-12-13-27(2)14-20(17)31-24)23-25-18-6-4-5-7-19(18)30-23;/h4-11H,3,12-14H2,1-2H3,(H,26,28);1H. The van der Waals surface area contributed by atoms with Crippen LogP contribution in [0.15, 0.2) is 53.4 Å². The Morgan fingerprint density at radius 2 is 1.94 bits per heavy atom. The summed E-state index contributed by atoms with van der Waals surface area (Å²) in [6.07, 6.45) is 0.979. The molecule has 166 valence electrons. The van der Waals surface area contributed by atoms with E-state index < -0.39 is 0 Å². The van der Waals surface area contributed by atoms with E-state index >= 15 is 0 Å². The van der Waals surface area contributed by atoms with Crippen LogP contribution in [-0.2, 0) is 13.0 Å². The monoisotopic (exact) mass is 501 g/mol. The highest BCUT2D eigenvalue weighted by Crippen LogP contribution is 2.45. The molecule has 0 aliphatic carbocycles. The molecule has 2 aromatic heterocycles. The number of aromatic nitrogens is 1. The van der Waals surface area contributed by atoms with Crippen LogP contribution in [-0.4, -0.2) is 35.1 Å². The number of nitrogens with one attached hydrogen (secondary N) is 1. The molecule has 0 unspecified atom stereocenters. The summed E-state index contributed by atoms with van der Waals surface area (Å²) in [5.74, 6) is 0.953. The molecule has 0 spiro atoms. The summed E-state index contributed by atoms with van der Waals surface area (Å²) < 4.78 is 1.17. The van der Waals surface area contributed by atoms with Crippen molar-refractivity contribution in [2.45, 2.75) is 24.8 Å². The minimum atomic E-state index is -0.0673. The van der Waals surface area contributed by atoms with Crippen LogP contribution < -0.4 is 5.32 Å². The SMILES string of the molecule is CCSc1ccc(C(=O)Nc2sc3c(c2-c2nc4ccccc4s2)CCN(C)C3)cc1.Cl. The molecule has 0 atom stereocenters. The number of benzene rings is 2. The van der Waals surface area contributed by atoms with Crippen molar-refractivity contribution in [3.8, 4) is 10.6 Å². The first kappa shape index (κ1) is 23.3. The van der Waals surface area contributed by atoms with Gasteiger partial charge in [0.15, 0.2) is 0 Å². The van der Waals surface area contributed by atoms with Crippen molar-refractivity contribution in [2.75, 3.05) is 24.7 Å². The van der Waals surface area contributed by atoms with Crippen LogP contribution in [0, 0.1) is 0 Å². The van der Waals surface area contributed by atoms with Crippen molar-refractivity contribution < 1.29 is 4.79 Å². The molecule has 1 amide bonds. The quantitative estimate of drug-likeness (QED) is 0.305. The van der Waals surface area contributed by atoms with E-state index in [2.05, 4.69) is 36.3 Å². The number of carbonyl (C=O) groups excluding carboxylic acids is 1. The zero-order chi connectivity index (χ0) is 21.4. The Morgan fingerprint density at radius 3 is 2.69 bits per heavy atom. The zero-order valence-electron chi connectivity index (χ0n) is 17.9. The van der Waals surface area contributed by atoms with Crippen LogP contribution in [0.4, 0.5) is 5.00 Å². The van der Waals surface area contributed by atoms with Crippen LogP contribution >= 0.6 is 46.8 Å². The zero-order valence-corrected chi connectivity index (χ0v) is 21.1. The van der Waals surface area contributed by atoms with E-state index in [0.717, 1.165) is 46.4 Å². The van der Waals surface area contributed by atoms with Crippen LogP contribution in [0.2, 0.25) is 0 Å². The Kier molecular flexibility index (Phi) is 7.22. The molecule has 0 fully saturated rings. The van der Waals surface area contributed by atoms with Crippen molar-refractivity contribution in [3.05, 3.63) is 64.5 Å². The molecule has 3 heterocycles. The third-order valence-corrected chi connectivity index (χ3v) is 8.49. The molecule has 4 nitrogen and oxygen atoms in total. The van der Waals surface area contributed by atoms with Gasteiger partial charge in [0.25, 0.3) is 5.91 Å². The maximum absolute atomic E-state index is 13.1. The third-order valence-electron chi connectivity index (χ3n) is 5.41. The van der Waals surface area contributed by atoms with Gasteiger partial charge >= 0.3 is 0 Å². The summed E-state index contributed by atoms with van der Waals surface area (Å²) in [6, 6.07) is 16.1. The largest absolute Gasteiger partial charge is 0.313 e. The van der Waals surface area contributed by atoms with E-state index in [-0.39, 0.29) is 18.3 Å². The van der Waals surface area contributed by atoms with Crippen molar-refractivity contribution in [2.24, 2.45) is 0 Å². The summed E-state index contributed by atoms with van der Waals surface area (Å²) in [7, 11) is 2.15. The van der Waals surface area contributed by atoms with Gasteiger partial charge in [-0.3, -0.25) is 4.79 Å². The van der Waals surface area contributed by atoms with Gasteiger partial charge in [-0.15, -0.1) is 46.8 Å². The lowest BCUT2D eigenvalue weighted by atomic mass is 10.0. The predicted octanol–water partition coefficient (Wildman–Crippen LogP) is 6.80. The van der Waals surface area contributed by atoms with Crippen molar-refractivity contribution in [1.82, 2.24) is 9.88 Å². The molecule has 1 aliphatic rings.